The summed E-state index contributed by atoms with van der Waals surface area (Å²) in [5, 5.41) is 10.3. The minimum atomic E-state index is -4.46. The Bertz CT molecular complexity index is 756. The lowest BCUT2D eigenvalue weighted by Crippen LogP contribution is -2.55. The lowest BCUT2D eigenvalue weighted by Gasteiger charge is -2.33. The van der Waals surface area contributed by atoms with Crippen LogP contribution in [0.15, 0.2) is 30.5 Å². The van der Waals surface area contributed by atoms with E-state index in [2.05, 4.69) is 15.6 Å². The number of nitrogens with zero attached hydrogens (tertiary/aromatic N) is 3. The summed E-state index contributed by atoms with van der Waals surface area (Å²) in [5.41, 5.74) is 4.45. The van der Waals surface area contributed by atoms with Crippen molar-refractivity contribution >= 4 is 5.91 Å². The molecule has 1 unspecified atom stereocenters. The molecule has 136 valence electrons. The molecule has 1 atom stereocenters. The Balaban J connectivity index is 2.24. The van der Waals surface area contributed by atoms with Gasteiger partial charge in [-0.3, -0.25) is 4.79 Å². The Kier molecular flexibility index (Phi) is 5.17. The zero-order chi connectivity index (χ0) is 18.8. The summed E-state index contributed by atoms with van der Waals surface area (Å²) in [7, 11) is 0. The fourth-order valence-electron chi connectivity index (χ4n) is 2.07. The zero-order valence-electron chi connectivity index (χ0n) is 14.1. The molecule has 9 heteroatoms. The molecule has 25 heavy (non-hydrogen) atoms. The predicted octanol–water partition coefficient (Wildman–Crippen LogP) is 2.39. The molecule has 1 aromatic carbocycles. The molecular weight excluding hydrogens is 335 g/mol. The number of aromatic nitrogens is 3. The van der Waals surface area contributed by atoms with E-state index in [1.54, 1.807) is 0 Å². The van der Waals surface area contributed by atoms with Gasteiger partial charge in [0.2, 0.25) is 0 Å². The first-order chi connectivity index (χ1) is 11.6. The largest absolute Gasteiger partial charge is 0.416 e. The maximum absolute atomic E-state index is 12.8. The molecule has 0 aliphatic rings. The van der Waals surface area contributed by atoms with Crippen molar-refractivity contribution in [2.24, 2.45) is 11.7 Å². The molecule has 0 bridgehead atoms. The first-order valence-corrected chi connectivity index (χ1v) is 7.69. The fraction of sp³-hybridized carbons (Fsp3) is 0.438. The summed E-state index contributed by atoms with van der Waals surface area (Å²) in [5.74, 6) is -0.403. The molecule has 3 N–H and O–H groups in total. The van der Waals surface area contributed by atoms with Crippen molar-refractivity contribution in [2.75, 3.05) is 6.54 Å². The lowest BCUT2D eigenvalue weighted by atomic mass is 9.88. The Hall–Kier alpha value is -2.42. The number of carbonyl (C=O) groups is 1. The van der Waals surface area contributed by atoms with Crippen LogP contribution >= 0.6 is 0 Å². The number of amides is 1. The Morgan fingerprint density at radius 2 is 2.04 bits per heavy atom. The lowest BCUT2D eigenvalue weighted by molar-refractivity contribution is -0.137. The van der Waals surface area contributed by atoms with Crippen LogP contribution in [0, 0.1) is 5.92 Å². The quantitative estimate of drug-likeness (QED) is 0.862. The van der Waals surface area contributed by atoms with E-state index in [0.29, 0.717) is 0 Å². The van der Waals surface area contributed by atoms with Crippen LogP contribution in [0.5, 0.6) is 0 Å². The van der Waals surface area contributed by atoms with Crippen molar-refractivity contribution in [3.05, 3.63) is 41.7 Å². The second kappa shape index (κ2) is 6.83. The van der Waals surface area contributed by atoms with Crippen molar-refractivity contribution in [2.45, 2.75) is 32.5 Å². The molecule has 0 aliphatic heterocycles. The van der Waals surface area contributed by atoms with Crippen molar-refractivity contribution in [1.29, 1.82) is 0 Å². The summed E-state index contributed by atoms with van der Waals surface area (Å²) in [4.78, 5) is 12.3. The molecule has 1 heterocycles. The smallest absolute Gasteiger partial charge is 0.344 e. The van der Waals surface area contributed by atoms with Crippen LogP contribution in [0.2, 0.25) is 0 Å². The normalized spacial score (nSPS) is 14.4. The number of halogens is 3. The number of rotatable bonds is 5. The SMILES string of the molecule is CC(C)C(C)(CN)NC(=O)c1cn(-c2cccc(C(F)(F)F)c2)nn1. The molecular formula is C16H20F3N5O. The molecule has 6 nitrogen and oxygen atoms in total. The molecule has 0 spiro atoms. The van der Waals surface area contributed by atoms with Crippen LogP contribution in [0.1, 0.15) is 36.8 Å². The van der Waals surface area contributed by atoms with E-state index in [0.717, 1.165) is 16.8 Å². The summed E-state index contributed by atoms with van der Waals surface area (Å²) in [6.45, 7) is 5.89. The van der Waals surface area contributed by atoms with Gasteiger partial charge in [-0.15, -0.1) is 5.10 Å². The molecule has 0 radical (unpaired) electrons. The topological polar surface area (TPSA) is 85.8 Å². The fourth-order valence-corrected chi connectivity index (χ4v) is 2.07. The average molecular weight is 355 g/mol. The van der Waals surface area contributed by atoms with Crippen LogP contribution in [-0.2, 0) is 6.18 Å². The van der Waals surface area contributed by atoms with Gasteiger partial charge in [-0.25, -0.2) is 4.68 Å². The third-order valence-electron chi connectivity index (χ3n) is 4.26. The number of alkyl halides is 3. The Morgan fingerprint density at radius 1 is 1.36 bits per heavy atom. The molecule has 0 aliphatic carbocycles. The minimum absolute atomic E-state index is 0.00210. The van der Waals surface area contributed by atoms with Crippen molar-refractivity contribution in [3.8, 4) is 5.69 Å². The third kappa shape index (κ3) is 4.16. The van der Waals surface area contributed by atoms with Gasteiger partial charge in [-0.1, -0.05) is 25.1 Å². The van der Waals surface area contributed by atoms with E-state index in [9.17, 15) is 18.0 Å². The monoisotopic (exact) mass is 355 g/mol. The van der Waals surface area contributed by atoms with Gasteiger partial charge in [0, 0.05) is 6.54 Å². The van der Waals surface area contributed by atoms with Crippen LogP contribution in [0.25, 0.3) is 5.69 Å². The number of hydrogen-bond acceptors (Lipinski definition) is 4. The van der Waals surface area contributed by atoms with Gasteiger partial charge in [0.25, 0.3) is 5.91 Å². The standard InChI is InChI=1S/C16H20F3N5O/c1-10(2)15(3,9-20)21-14(25)13-8-24(23-22-13)12-6-4-5-11(7-12)16(17,18)19/h4-8,10H,9,20H2,1-3H3,(H,21,25). The van der Waals surface area contributed by atoms with E-state index in [1.807, 2.05) is 20.8 Å². The van der Waals surface area contributed by atoms with Crippen molar-refractivity contribution < 1.29 is 18.0 Å². The zero-order valence-corrected chi connectivity index (χ0v) is 14.1. The van der Waals surface area contributed by atoms with E-state index in [1.165, 1.54) is 18.3 Å². The van der Waals surface area contributed by atoms with Crippen LogP contribution in [0.4, 0.5) is 13.2 Å². The number of nitrogens with one attached hydrogen (secondary N) is 1. The average Bonchev–Trinajstić information content (AvgIpc) is 3.04. The van der Waals surface area contributed by atoms with Crippen LogP contribution in [-0.4, -0.2) is 33.0 Å². The summed E-state index contributed by atoms with van der Waals surface area (Å²) >= 11 is 0. The molecule has 2 rings (SSSR count). The molecule has 2 aromatic rings. The third-order valence-corrected chi connectivity index (χ3v) is 4.26. The molecule has 0 saturated heterocycles. The van der Waals surface area contributed by atoms with Crippen molar-refractivity contribution in [1.82, 2.24) is 20.3 Å². The van der Waals surface area contributed by atoms with Gasteiger partial charge in [-0.2, -0.15) is 13.2 Å². The summed E-state index contributed by atoms with van der Waals surface area (Å²) in [6.07, 6.45) is -3.18. The first-order valence-electron chi connectivity index (χ1n) is 7.69. The molecule has 1 aromatic heterocycles. The Labute approximate surface area is 143 Å². The maximum Gasteiger partial charge on any atom is 0.416 e. The minimum Gasteiger partial charge on any atom is -0.344 e. The highest BCUT2D eigenvalue weighted by Crippen LogP contribution is 2.30. The molecule has 0 fully saturated rings. The van der Waals surface area contributed by atoms with Gasteiger partial charge in [-0.05, 0) is 31.0 Å². The van der Waals surface area contributed by atoms with Gasteiger partial charge in [0.15, 0.2) is 5.69 Å². The molecule has 0 saturated carbocycles. The van der Waals surface area contributed by atoms with E-state index in [-0.39, 0.29) is 23.8 Å². The van der Waals surface area contributed by atoms with Gasteiger partial charge in [0.1, 0.15) is 0 Å². The number of nitrogens with two attached hydrogens (primary N) is 1. The van der Waals surface area contributed by atoms with Gasteiger partial charge < -0.3 is 11.1 Å². The summed E-state index contributed by atoms with van der Waals surface area (Å²) < 4.78 is 39.5. The van der Waals surface area contributed by atoms with Gasteiger partial charge >= 0.3 is 6.18 Å². The molecule has 1 amide bonds. The van der Waals surface area contributed by atoms with E-state index >= 15 is 0 Å². The number of benzene rings is 1. The second-order valence-electron chi connectivity index (χ2n) is 6.33. The predicted molar refractivity (Wildman–Crippen MR) is 86.1 cm³/mol. The highest BCUT2D eigenvalue weighted by molar-refractivity contribution is 5.92. The Morgan fingerprint density at radius 3 is 2.60 bits per heavy atom. The van der Waals surface area contributed by atoms with E-state index in [4.69, 9.17) is 5.73 Å². The number of hydrogen-bond donors (Lipinski definition) is 2. The van der Waals surface area contributed by atoms with Gasteiger partial charge in [0.05, 0.1) is 23.0 Å². The first kappa shape index (κ1) is 18.9. The number of carbonyl (C=O) groups excluding carboxylic acids is 1. The van der Waals surface area contributed by atoms with E-state index < -0.39 is 23.2 Å². The second-order valence-corrected chi connectivity index (χ2v) is 6.33. The van der Waals surface area contributed by atoms with Crippen LogP contribution < -0.4 is 11.1 Å². The van der Waals surface area contributed by atoms with Crippen molar-refractivity contribution in [3.63, 3.8) is 0 Å². The highest BCUT2D eigenvalue weighted by atomic mass is 19.4. The highest BCUT2D eigenvalue weighted by Gasteiger charge is 2.31. The van der Waals surface area contributed by atoms with Crippen LogP contribution in [0.3, 0.4) is 0 Å². The maximum atomic E-state index is 12.8. The summed E-state index contributed by atoms with van der Waals surface area (Å²) in [6, 6.07) is 4.62.